The molecule has 12 heavy (non-hydrogen) atoms. The third-order valence-corrected chi connectivity index (χ3v) is 3.82. The van der Waals surface area contributed by atoms with Gasteiger partial charge in [0.2, 0.25) is 0 Å². The summed E-state index contributed by atoms with van der Waals surface area (Å²) < 4.78 is 0. The van der Waals surface area contributed by atoms with E-state index in [1.54, 1.807) is 6.08 Å². The quantitative estimate of drug-likeness (QED) is 0.537. The Hall–Kier alpha value is -0.590. The molecule has 0 amide bonds. The van der Waals surface area contributed by atoms with Crippen molar-refractivity contribution in [1.82, 2.24) is 0 Å². The van der Waals surface area contributed by atoms with Crippen LogP contribution in [0, 0.1) is 16.7 Å². The average molecular weight is 164 g/mol. The summed E-state index contributed by atoms with van der Waals surface area (Å²) in [6.45, 7) is 6.66. The Morgan fingerprint density at radius 3 is 2.58 bits per heavy atom. The van der Waals surface area contributed by atoms with Crippen LogP contribution < -0.4 is 0 Å². The van der Waals surface area contributed by atoms with Crippen LogP contribution in [0.3, 0.4) is 0 Å². The second kappa shape index (κ2) is 2.01. The Labute approximate surface area is 73.8 Å². The van der Waals surface area contributed by atoms with Crippen molar-refractivity contribution in [2.24, 2.45) is 16.7 Å². The number of carbonyl (C=O) groups is 1. The number of carbonyl (C=O) groups excluding carboxylic acids is 1. The number of allylic oxidation sites excluding steroid dienone is 2. The molecule has 0 aliphatic heterocycles. The fraction of sp³-hybridized carbons (Fsp3) is 0.727. The van der Waals surface area contributed by atoms with Crippen molar-refractivity contribution in [3.63, 3.8) is 0 Å². The first-order valence-corrected chi connectivity index (χ1v) is 4.69. The zero-order valence-corrected chi connectivity index (χ0v) is 8.05. The van der Waals surface area contributed by atoms with Gasteiger partial charge >= 0.3 is 0 Å². The molecule has 0 aromatic rings. The Morgan fingerprint density at radius 2 is 2.00 bits per heavy atom. The maximum Gasteiger partial charge on any atom is 0.161 e. The number of ketones is 1. The van der Waals surface area contributed by atoms with Crippen molar-refractivity contribution in [3.8, 4) is 0 Å². The van der Waals surface area contributed by atoms with E-state index in [2.05, 4.69) is 26.8 Å². The van der Waals surface area contributed by atoms with E-state index in [-0.39, 0.29) is 5.41 Å². The van der Waals surface area contributed by atoms with E-state index in [0.717, 1.165) is 6.42 Å². The van der Waals surface area contributed by atoms with E-state index >= 15 is 0 Å². The van der Waals surface area contributed by atoms with Crippen molar-refractivity contribution in [2.75, 3.05) is 0 Å². The highest BCUT2D eigenvalue weighted by Gasteiger charge is 2.54. The zero-order chi connectivity index (χ0) is 8.98. The van der Waals surface area contributed by atoms with Crippen LogP contribution in [-0.2, 0) is 4.79 Å². The van der Waals surface area contributed by atoms with Gasteiger partial charge in [0.15, 0.2) is 5.78 Å². The van der Waals surface area contributed by atoms with E-state index in [1.807, 2.05) is 0 Å². The normalized spacial score (nSPS) is 43.6. The Morgan fingerprint density at radius 1 is 1.33 bits per heavy atom. The lowest BCUT2D eigenvalue weighted by Gasteiger charge is -2.29. The van der Waals surface area contributed by atoms with Crippen LogP contribution >= 0.6 is 0 Å². The lowest BCUT2D eigenvalue weighted by Crippen LogP contribution is -2.29. The molecular formula is C11H16O. The third-order valence-electron chi connectivity index (χ3n) is 3.82. The SMILES string of the molecule is CC1(C)CC[C@@]2(C)C(=O)C=C[C@@H]12. The van der Waals surface area contributed by atoms with Crippen LogP contribution in [0.5, 0.6) is 0 Å². The summed E-state index contributed by atoms with van der Waals surface area (Å²) in [4.78, 5) is 11.6. The molecule has 0 radical (unpaired) electrons. The molecule has 2 atom stereocenters. The molecule has 1 saturated carbocycles. The lowest BCUT2D eigenvalue weighted by atomic mass is 9.73. The van der Waals surface area contributed by atoms with Crippen LogP contribution in [0.2, 0.25) is 0 Å². The molecule has 0 aromatic heterocycles. The zero-order valence-electron chi connectivity index (χ0n) is 8.05. The summed E-state index contributed by atoms with van der Waals surface area (Å²) in [5.41, 5.74) is 0.279. The van der Waals surface area contributed by atoms with Crippen LogP contribution in [0.25, 0.3) is 0 Å². The van der Waals surface area contributed by atoms with Crippen molar-refractivity contribution in [3.05, 3.63) is 12.2 Å². The maximum absolute atomic E-state index is 11.6. The van der Waals surface area contributed by atoms with Crippen LogP contribution in [0.1, 0.15) is 33.6 Å². The fourth-order valence-electron chi connectivity index (χ4n) is 2.88. The molecule has 1 heteroatoms. The Kier molecular flexibility index (Phi) is 1.35. The van der Waals surface area contributed by atoms with E-state index in [1.165, 1.54) is 6.42 Å². The van der Waals surface area contributed by atoms with Crippen molar-refractivity contribution in [1.29, 1.82) is 0 Å². The van der Waals surface area contributed by atoms with Gasteiger partial charge in [0.05, 0.1) is 0 Å². The third kappa shape index (κ3) is 0.769. The molecule has 0 bridgehead atoms. The highest BCUT2D eigenvalue weighted by Crippen LogP contribution is 2.57. The topological polar surface area (TPSA) is 17.1 Å². The molecule has 0 unspecified atom stereocenters. The van der Waals surface area contributed by atoms with Gasteiger partial charge < -0.3 is 0 Å². The van der Waals surface area contributed by atoms with Crippen LogP contribution in [-0.4, -0.2) is 5.78 Å². The monoisotopic (exact) mass is 164 g/mol. The summed E-state index contributed by atoms with van der Waals surface area (Å²) in [6.07, 6.45) is 6.15. The Bertz CT molecular complexity index is 262. The van der Waals surface area contributed by atoms with Crippen molar-refractivity contribution < 1.29 is 4.79 Å². The molecular weight excluding hydrogens is 148 g/mol. The summed E-state index contributed by atoms with van der Waals surface area (Å²) in [6, 6.07) is 0. The van der Waals surface area contributed by atoms with Gasteiger partial charge in [-0.25, -0.2) is 0 Å². The second-order valence-electron chi connectivity index (χ2n) is 5.11. The smallest absolute Gasteiger partial charge is 0.161 e. The lowest BCUT2D eigenvalue weighted by molar-refractivity contribution is -0.123. The molecule has 2 aliphatic carbocycles. The molecule has 0 spiro atoms. The number of rotatable bonds is 0. The molecule has 0 heterocycles. The van der Waals surface area contributed by atoms with Gasteiger partial charge in [-0.1, -0.05) is 26.8 Å². The number of hydrogen-bond acceptors (Lipinski definition) is 1. The molecule has 2 rings (SSSR count). The summed E-state index contributed by atoms with van der Waals surface area (Å²) in [7, 11) is 0. The first kappa shape index (κ1) is 8.03. The molecule has 66 valence electrons. The molecule has 0 aromatic carbocycles. The number of hydrogen-bond donors (Lipinski definition) is 0. The van der Waals surface area contributed by atoms with E-state index < -0.39 is 0 Å². The molecule has 2 aliphatic rings. The first-order chi connectivity index (χ1) is 5.47. The minimum Gasteiger partial charge on any atom is -0.294 e. The van der Waals surface area contributed by atoms with Gasteiger partial charge in [0.25, 0.3) is 0 Å². The van der Waals surface area contributed by atoms with E-state index in [0.29, 0.717) is 17.1 Å². The first-order valence-electron chi connectivity index (χ1n) is 4.69. The Balaban J connectivity index is 2.41. The minimum absolute atomic E-state index is 0.0521. The molecule has 0 N–H and O–H groups in total. The summed E-state index contributed by atoms with van der Waals surface area (Å²) >= 11 is 0. The largest absolute Gasteiger partial charge is 0.294 e. The standard InChI is InChI=1S/C11H16O/c1-10(2)6-7-11(3)8(10)4-5-9(11)12/h4-5,8H,6-7H2,1-3H3/t8-,11+/m0/s1. The van der Waals surface area contributed by atoms with Gasteiger partial charge in [-0.3, -0.25) is 4.79 Å². The summed E-state index contributed by atoms with van der Waals surface area (Å²) in [5.74, 6) is 0.829. The number of fused-ring (bicyclic) bond motifs is 1. The van der Waals surface area contributed by atoms with Gasteiger partial charge in [-0.05, 0) is 30.3 Å². The predicted octanol–water partition coefficient (Wildman–Crippen LogP) is 2.57. The van der Waals surface area contributed by atoms with Gasteiger partial charge in [-0.15, -0.1) is 0 Å². The van der Waals surface area contributed by atoms with Crippen LogP contribution in [0.4, 0.5) is 0 Å². The van der Waals surface area contributed by atoms with Gasteiger partial charge in [0, 0.05) is 5.41 Å². The second-order valence-corrected chi connectivity index (χ2v) is 5.11. The van der Waals surface area contributed by atoms with E-state index in [9.17, 15) is 4.79 Å². The summed E-state index contributed by atoms with van der Waals surface area (Å²) in [5, 5.41) is 0. The molecule has 1 nitrogen and oxygen atoms in total. The predicted molar refractivity (Wildman–Crippen MR) is 48.8 cm³/mol. The van der Waals surface area contributed by atoms with Crippen molar-refractivity contribution in [2.45, 2.75) is 33.6 Å². The van der Waals surface area contributed by atoms with Crippen molar-refractivity contribution >= 4 is 5.78 Å². The van der Waals surface area contributed by atoms with Crippen LogP contribution in [0.15, 0.2) is 12.2 Å². The average Bonchev–Trinajstić information content (AvgIpc) is 2.37. The highest BCUT2D eigenvalue weighted by molar-refractivity contribution is 5.98. The minimum atomic E-state index is -0.0521. The fourth-order valence-corrected chi connectivity index (χ4v) is 2.88. The van der Waals surface area contributed by atoms with E-state index in [4.69, 9.17) is 0 Å². The van der Waals surface area contributed by atoms with Gasteiger partial charge in [-0.2, -0.15) is 0 Å². The maximum atomic E-state index is 11.6. The highest BCUT2D eigenvalue weighted by atomic mass is 16.1. The molecule has 1 fully saturated rings. The van der Waals surface area contributed by atoms with Gasteiger partial charge in [0.1, 0.15) is 0 Å². The molecule has 0 saturated heterocycles.